The number of hydrogen-bond donors (Lipinski definition) is 0. The van der Waals surface area contributed by atoms with Crippen LogP contribution < -0.4 is 14.2 Å². The molecule has 0 aliphatic heterocycles. The highest BCUT2D eigenvalue weighted by Crippen LogP contribution is 2.42. The average Bonchev–Trinajstić information content (AvgIpc) is 2.80. The minimum absolute atomic E-state index is 0.00115. The number of halogens is 11. The van der Waals surface area contributed by atoms with Crippen molar-refractivity contribution in [3.05, 3.63) is 106 Å². The van der Waals surface area contributed by atoms with Gasteiger partial charge in [-0.25, -0.2) is 13.2 Å². The maximum atomic E-state index is 14.7. The molecule has 0 heterocycles. The molecule has 3 nitrogen and oxygen atoms in total. The highest BCUT2D eigenvalue weighted by Gasteiger charge is 2.42. The Morgan fingerprint density at radius 1 is 0.769 bits per heavy atom. The monoisotopic (exact) mass is 586 g/mol. The number of alkyl halides is 4. The van der Waals surface area contributed by atoms with Crippen LogP contribution in [0.15, 0.2) is 66.7 Å². The van der Waals surface area contributed by atoms with E-state index in [-0.39, 0.29) is 18.2 Å². The van der Waals surface area contributed by atoms with Crippen molar-refractivity contribution in [2.75, 3.05) is 0 Å². The Hall–Kier alpha value is -3.87. The van der Waals surface area contributed by atoms with Crippen LogP contribution in [0, 0.1) is 17.5 Å². The van der Waals surface area contributed by atoms with Crippen LogP contribution in [0.1, 0.15) is 23.6 Å². The molecule has 0 spiro atoms. The molecule has 0 aliphatic carbocycles. The lowest BCUT2D eigenvalue weighted by Crippen LogP contribution is -2.25. The molecule has 0 saturated heterocycles. The lowest BCUT2D eigenvalue weighted by atomic mass is 10.1. The molecule has 0 fully saturated rings. The predicted octanol–water partition coefficient (Wildman–Crippen LogP) is 9.46. The fourth-order valence-electron chi connectivity index (χ4n) is 3.09. The first-order valence-corrected chi connectivity index (χ1v) is 10.8. The SMILES string of the molecule is CC=Cc1ccc(C(F)(F)Oc2cc(F)c(C(F)(F)Oc3cc(F)c(OC(F)=C(F)F)c(F)c3)c(Cl)c2)cc1. The molecule has 14 heteroatoms. The third-order valence-corrected chi connectivity index (χ3v) is 5.01. The summed E-state index contributed by atoms with van der Waals surface area (Å²) in [5, 5.41) is -1.17. The van der Waals surface area contributed by atoms with Gasteiger partial charge in [-0.3, -0.25) is 0 Å². The Morgan fingerprint density at radius 3 is 1.79 bits per heavy atom. The molecule has 0 unspecified atom stereocenters. The molecule has 39 heavy (non-hydrogen) atoms. The fourth-order valence-corrected chi connectivity index (χ4v) is 3.40. The second-order valence-electron chi connectivity index (χ2n) is 7.47. The number of rotatable bonds is 9. The van der Waals surface area contributed by atoms with Crippen LogP contribution in [-0.2, 0) is 12.2 Å². The van der Waals surface area contributed by atoms with Crippen molar-refractivity contribution in [1.82, 2.24) is 0 Å². The molecule has 0 aromatic heterocycles. The van der Waals surface area contributed by atoms with Crippen LogP contribution in [0.3, 0.4) is 0 Å². The van der Waals surface area contributed by atoms with Gasteiger partial charge in [0, 0.05) is 18.2 Å². The van der Waals surface area contributed by atoms with E-state index in [1.807, 2.05) is 0 Å². The Morgan fingerprint density at radius 2 is 1.28 bits per heavy atom. The van der Waals surface area contributed by atoms with E-state index in [9.17, 15) is 43.9 Å². The second-order valence-corrected chi connectivity index (χ2v) is 7.88. The predicted molar refractivity (Wildman–Crippen MR) is 119 cm³/mol. The molecule has 0 amide bonds. The zero-order valence-electron chi connectivity index (χ0n) is 19.2. The van der Waals surface area contributed by atoms with Gasteiger partial charge < -0.3 is 14.2 Å². The largest absolute Gasteiger partial charge is 0.431 e. The summed E-state index contributed by atoms with van der Waals surface area (Å²) in [6.07, 6.45) is -8.55. The van der Waals surface area contributed by atoms with Gasteiger partial charge in [-0.2, -0.15) is 30.7 Å². The van der Waals surface area contributed by atoms with Crippen LogP contribution >= 0.6 is 11.6 Å². The lowest BCUT2D eigenvalue weighted by Gasteiger charge is -2.22. The minimum Gasteiger partial charge on any atom is -0.429 e. The summed E-state index contributed by atoms with van der Waals surface area (Å²) >= 11 is 5.67. The van der Waals surface area contributed by atoms with E-state index in [2.05, 4.69) is 14.2 Å². The average molecular weight is 587 g/mol. The maximum absolute atomic E-state index is 14.7. The van der Waals surface area contributed by atoms with Crippen molar-refractivity contribution in [3.63, 3.8) is 0 Å². The van der Waals surface area contributed by atoms with Crippen molar-refractivity contribution in [3.8, 4) is 17.2 Å². The van der Waals surface area contributed by atoms with Gasteiger partial charge in [0.25, 0.3) is 0 Å². The summed E-state index contributed by atoms with van der Waals surface area (Å²) in [4.78, 5) is 0. The summed E-state index contributed by atoms with van der Waals surface area (Å²) in [5.41, 5.74) is -1.77. The van der Waals surface area contributed by atoms with Gasteiger partial charge in [-0.15, -0.1) is 0 Å². The van der Waals surface area contributed by atoms with Gasteiger partial charge in [-0.1, -0.05) is 35.9 Å². The maximum Gasteiger partial charge on any atom is 0.431 e. The minimum atomic E-state index is -4.76. The topological polar surface area (TPSA) is 27.7 Å². The zero-order valence-corrected chi connectivity index (χ0v) is 19.9. The zero-order chi connectivity index (χ0) is 29.1. The van der Waals surface area contributed by atoms with E-state index in [0.29, 0.717) is 11.6 Å². The van der Waals surface area contributed by atoms with Gasteiger partial charge >= 0.3 is 24.3 Å². The van der Waals surface area contributed by atoms with Crippen molar-refractivity contribution in [2.45, 2.75) is 19.1 Å². The van der Waals surface area contributed by atoms with Gasteiger partial charge in [0.2, 0.25) is 5.75 Å². The lowest BCUT2D eigenvalue weighted by molar-refractivity contribution is -0.188. The van der Waals surface area contributed by atoms with E-state index in [1.54, 1.807) is 19.1 Å². The number of benzene rings is 3. The van der Waals surface area contributed by atoms with Gasteiger partial charge in [-0.05, 0) is 30.7 Å². The molecule has 0 saturated carbocycles. The molecular formula is C25H13ClF10O3. The molecule has 208 valence electrons. The molecule has 0 N–H and O–H groups in total. The smallest absolute Gasteiger partial charge is 0.429 e. The quantitative estimate of drug-likeness (QED) is 0.185. The van der Waals surface area contributed by atoms with Crippen molar-refractivity contribution in [1.29, 1.82) is 0 Å². The van der Waals surface area contributed by atoms with E-state index in [0.717, 1.165) is 12.1 Å². The summed E-state index contributed by atoms with van der Waals surface area (Å²) in [7, 11) is 0. The first kappa shape index (κ1) is 29.7. The van der Waals surface area contributed by atoms with Gasteiger partial charge in [0.05, 0.1) is 10.6 Å². The molecule has 0 atom stereocenters. The highest BCUT2D eigenvalue weighted by atomic mass is 35.5. The Labute approximate surface area is 218 Å². The Balaban J connectivity index is 1.86. The Kier molecular flexibility index (Phi) is 8.74. The molecule has 0 bridgehead atoms. The molecular weight excluding hydrogens is 574 g/mol. The van der Waals surface area contributed by atoms with Crippen molar-refractivity contribution >= 4 is 17.7 Å². The second kappa shape index (κ2) is 11.5. The van der Waals surface area contributed by atoms with Crippen LogP contribution in [-0.4, -0.2) is 0 Å². The van der Waals surface area contributed by atoms with Crippen LogP contribution in [0.2, 0.25) is 5.02 Å². The van der Waals surface area contributed by atoms with Crippen LogP contribution in [0.5, 0.6) is 17.2 Å². The first-order chi connectivity index (χ1) is 18.1. The fraction of sp³-hybridized carbons (Fsp3) is 0.120. The Bertz CT molecular complexity index is 1370. The highest BCUT2D eigenvalue weighted by molar-refractivity contribution is 6.31. The number of ether oxygens (including phenoxy) is 3. The molecule has 0 radical (unpaired) electrons. The van der Waals surface area contributed by atoms with Crippen molar-refractivity contribution in [2.24, 2.45) is 0 Å². The van der Waals surface area contributed by atoms with E-state index >= 15 is 0 Å². The van der Waals surface area contributed by atoms with E-state index in [1.165, 1.54) is 12.1 Å². The number of hydrogen-bond acceptors (Lipinski definition) is 3. The van der Waals surface area contributed by atoms with Crippen molar-refractivity contribution < 1.29 is 58.1 Å². The molecule has 3 aromatic rings. The third kappa shape index (κ3) is 6.96. The standard InChI is InChI=1S/C25H13ClF10O3/c1-2-3-12-4-6-13(7-5-12)24(33,34)38-14-8-16(26)20(17(27)9-14)25(35,36)39-15-10-18(28)21(19(29)11-15)37-23(32)22(30)31/h2-11H,1H3. The third-order valence-electron chi connectivity index (χ3n) is 4.72. The van der Waals surface area contributed by atoms with Crippen LogP contribution in [0.4, 0.5) is 43.9 Å². The van der Waals surface area contributed by atoms with Crippen LogP contribution in [0.25, 0.3) is 6.08 Å². The van der Waals surface area contributed by atoms with Gasteiger partial charge in [0.15, 0.2) is 11.6 Å². The van der Waals surface area contributed by atoms with E-state index < -0.39 is 75.2 Å². The molecule has 3 aromatic carbocycles. The normalized spacial score (nSPS) is 12.0. The summed E-state index contributed by atoms with van der Waals surface area (Å²) < 4.78 is 150. The summed E-state index contributed by atoms with van der Waals surface area (Å²) in [5.74, 6) is -9.75. The number of allylic oxidation sites excluding steroid dienone is 1. The van der Waals surface area contributed by atoms with E-state index in [4.69, 9.17) is 11.6 Å². The first-order valence-electron chi connectivity index (χ1n) is 10.4. The van der Waals surface area contributed by atoms with Gasteiger partial charge in [0.1, 0.15) is 22.9 Å². The molecule has 3 rings (SSSR count). The summed E-state index contributed by atoms with van der Waals surface area (Å²) in [6.45, 7) is 1.71. The molecule has 0 aliphatic rings. The summed E-state index contributed by atoms with van der Waals surface area (Å²) in [6, 6.07) is 2.67.